The molecule has 0 aliphatic heterocycles. The quantitative estimate of drug-likeness (QED) is 0.877. The molecule has 0 aliphatic carbocycles. The molecule has 0 spiro atoms. The largest absolute Gasteiger partial charge is 0.291 e. The highest BCUT2D eigenvalue weighted by molar-refractivity contribution is 8.05. The molecule has 1 aromatic rings. The third-order valence-corrected chi connectivity index (χ3v) is 3.58. The summed E-state index contributed by atoms with van der Waals surface area (Å²) in [6.07, 6.45) is 0. The fourth-order valence-electron chi connectivity index (χ4n) is 1.29. The second kappa shape index (κ2) is 4.58. The summed E-state index contributed by atoms with van der Waals surface area (Å²) in [5.41, 5.74) is 0.481. The van der Waals surface area contributed by atoms with E-state index in [1.54, 1.807) is 32.9 Å². The van der Waals surface area contributed by atoms with Crippen LogP contribution in [0.25, 0.3) is 0 Å². The van der Waals surface area contributed by atoms with E-state index >= 15 is 0 Å². The first kappa shape index (κ1) is 13.9. The minimum Gasteiger partial charge on any atom is -0.274 e. The van der Waals surface area contributed by atoms with Crippen LogP contribution in [0, 0.1) is 6.92 Å². The van der Waals surface area contributed by atoms with Crippen LogP contribution in [0.15, 0.2) is 24.3 Å². The highest BCUT2D eigenvalue weighted by Gasteiger charge is 2.28. The Hall–Kier alpha value is -1.20. The van der Waals surface area contributed by atoms with Crippen LogP contribution in [0.2, 0.25) is 0 Å². The first-order valence-corrected chi connectivity index (χ1v) is 6.75. The molecule has 5 heteroatoms. The predicted octanol–water partition coefficient (Wildman–Crippen LogP) is 1.85. The van der Waals surface area contributed by atoms with Crippen molar-refractivity contribution in [2.75, 3.05) is 0 Å². The number of carbonyl (C=O) groups is 1. The standard InChI is InChI=1S/C12H17NO3S/c1-9-5-7-10(8-6-9)11(14)17(15,16)13-12(2,3)4/h5-8,13H,1-4H3. The first-order chi connectivity index (χ1) is 7.62. The molecule has 0 saturated carbocycles. The zero-order chi connectivity index (χ0) is 13.3. The molecule has 0 unspecified atom stereocenters. The Morgan fingerprint density at radius 2 is 1.59 bits per heavy atom. The maximum atomic E-state index is 11.8. The second-order valence-corrected chi connectivity index (χ2v) is 6.59. The fourth-order valence-corrected chi connectivity index (χ4v) is 2.64. The minimum atomic E-state index is -3.97. The van der Waals surface area contributed by atoms with E-state index in [1.807, 2.05) is 6.92 Å². The van der Waals surface area contributed by atoms with Crippen LogP contribution in [0.3, 0.4) is 0 Å². The smallest absolute Gasteiger partial charge is 0.274 e. The van der Waals surface area contributed by atoms with Gasteiger partial charge in [-0.3, -0.25) is 4.79 Å². The van der Waals surface area contributed by atoms with E-state index in [0.717, 1.165) is 5.56 Å². The summed E-state index contributed by atoms with van der Waals surface area (Å²) in [5, 5.41) is -0.896. The van der Waals surface area contributed by atoms with Gasteiger partial charge in [-0.1, -0.05) is 17.7 Å². The maximum absolute atomic E-state index is 11.8. The highest BCUT2D eigenvalue weighted by atomic mass is 32.2. The lowest BCUT2D eigenvalue weighted by Gasteiger charge is -2.19. The number of aryl methyl sites for hydroxylation is 1. The van der Waals surface area contributed by atoms with Gasteiger partial charge in [-0.15, -0.1) is 0 Å². The molecule has 0 bridgehead atoms. The van der Waals surface area contributed by atoms with Gasteiger partial charge < -0.3 is 0 Å². The Balaban J connectivity index is 3.01. The van der Waals surface area contributed by atoms with Crippen LogP contribution in [0.4, 0.5) is 0 Å². The van der Waals surface area contributed by atoms with Crippen molar-refractivity contribution in [3.8, 4) is 0 Å². The molecule has 0 aliphatic rings. The molecular weight excluding hydrogens is 238 g/mol. The third kappa shape index (κ3) is 3.94. The first-order valence-electron chi connectivity index (χ1n) is 5.27. The number of nitrogens with one attached hydrogen (secondary N) is 1. The monoisotopic (exact) mass is 255 g/mol. The van der Waals surface area contributed by atoms with Gasteiger partial charge in [0.1, 0.15) is 0 Å². The molecule has 0 aromatic heterocycles. The SMILES string of the molecule is Cc1ccc(C(=O)S(=O)(=O)NC(C)(C)C)cc1. The van der Waals surface area contributed by atoms with Crippen molar-refractivity contribution in [3.05, 3.63) is 35.4 Å². The normalized spacial score (nSPS) is 12.5. The molecule has 0 radical (unpaired) electrons. The summed E-state index contributed by atoms with van der Waals surface area (Å²) in [4.78, 5) is 11.8. The van der Waals surface area contributed by atoms with Crippen molar-refractivity contribution in [3.63, 3.8) is 0 Å². The van der Waals surface area contributed by atoms with E-state index in [1.165, 1.54) is 12.1 Å². The van der Waals surface area contributed by atoms with Crippen molar-refractivity contribution >= 4 is 15.1 Å². The van der Waals surface area contributed by atoms with Gasteiger partial charge in [0.25, 0.3) is 15.1 Å². The van der Waals surface area contributed by atoms with Gasteiger partial charge in [-0.25, -0.2) is 13.1 Å². The minimum absolute atomic E-state index is 0.173. The van der Waals surface area contributed by atoms with E-state index in [2.05, 4.69) is 4.72 Å². The molecular formula is C12H17NO3S. The second-order valence-electron chi connectivity index (χ2n) is 5.01. The summed E-state index contributed by atoms with van der Waals surface area (Å²) in [6.45, 7) is 6.93. The Labute approximate surface area is 102 Å². The Morgan fingerprint density at radius 1 is 1.12 bits per heavy atom. The summed E-state index contributed by atoms with van der Waals surface area (Å²) in [5.74, 6) is 0. The molecule has 17 heavy (non-hydrogen) atoms. The van der Waals surface area contributed by atoms with Gasteiger partial charge in [0.05, 0.1) is 0 Å². The third-order valence-electron chi connectivity index (χ3n) is 1.97. The molecule has 0 fully saturated rings. The molecule has 0 heterocycles. The molecule has 0 atom stereocenters. The van der Waals surface area contributed by atoms with E-state index < -0.39 is 20.7 Å². The molecule has 4 nitrogen and oxygen atoms in total. The Morgan fingerprint density at radius 3 is 2.00 bits per heavy atom. The number of hydrogen-bond donors (Lipinski definition) is 1. The van der Waals surface area contributed by atoms with E-state index in [4.69, 9.17) is 0 Å². The van der Waals surface area contributed by atoms with Gasteiger partial charge in [-0.05, 0) is 39.8 Å². The predicted molar refractivity (Wildman–Crippen MR) is 67.3 cm³/mol. The number of benzene rings is 1. The maximum Gasteiger partial charge on any atom is 0.291 e. The van der Waals surface area contributed by atoms with Crippen molar-refractivity contribution in [2.45, 2.75) is 33.2 Å². The van der Waals surface area contributed by atoms with Crippen LogP contribution in [-0.2, 0) is 10.0 Å². The molecule has 1 rings (SSSR count). The highest BCUT2D eigenvalue weighted by Crippen LogP contribution is 2.10. The van der Waals surface area contributed by atoms with Crippen LogP contribution < -0.4 is 4.72 Å². The van der Waals surface area contributed by atoms with Gasteiger partial charge >= 0.3 is 0 Å². The van der Waals surface area contributed by atoms with Crippen LogP contribution >= 0.6 is 0 Å². The summed E-state index contributed by atoms with van der Waals surface area (Å²) >= 11 is 0. The van der Waals surface area contributed by atoms with E-state index in [0.29, 0.717) is 0 Å². The lowest BCUT2D eigenvalue weighted by molar-refractivity contribution is 0.107. The topological polar surface area (TPSA) is 63.2 Å². The van der Waals surface area contributed by atoms with Crippen LogP contribution in [-0.4, -0.2) is 19.1 Å². The molecule has 1 N–H and O–H groups in total. The number of sulfonamides is 1. The Kier molecular flexibility index (Phi) is 3.74. The molecule has 0 saturated heterocycles. The van der Waals surface area contributed by atoms with Crippen molar-refractivity contribution in [2.24, 2.45) is 0 Å². The van der Waals surface area contributed by atoms with Crippen LogP contribution in [0.5, 0.6) is 0 Å². The lowest BCUT2D eigenvalue weighted by Crippen LogP contribution is -2.43. The average molecular weight is 255 g/mol. The lowest BCUT2D eigenvalue weighted by atomic mass is 10.1. The van der Waals surface area contributed by atoms with Crippen molar-refractivity contribution in [1.29, 1.82) is 0 Å². The summed E-state index contributed by atoms with van der Waals surface area (Å²) in [6, 6.07) is 6.44. The summed E-state index contributed by atoms with van der Waals surface area (Å²) in [7, 11) is -3.97. The van der Waals surface area contributed by atoms with Crippen LogP contribution in [0.1, 0.15) is 36.7 Å². The van der Waals surface area contributed by atoms with Gasteiger partial charge in [0, 0.05) is 11.1 Å². The molecule has 1 aromatic carbocycles. The molecule has 0 amide bonds. The zero-order valence-corrected chi connectivity index (χ0v) is 11.3. The van der Waals surface area contributed by atoms with Gasteiger partial charge in [0.2, 0.25) is 0 Å². The average Bonchev–Trinajstić information content (AvgIpc) is 2.14. The summed E-state index contributed by atoms with van der Waals surface area (Å²) < 4.78 is 25.9. The van der Waals surface area contributed by atoms with Gasteiger partial charge in [-0.2, -0.15) is 0 Å². The zero-order valence-electron chi connectivity index (χ0n) is 10.4. The number of carbonyl (C=O) groups excluding carboxylic acids is 1. The Bertz CT molecular complexity index is 510. The van der Waals surface area contributed by atoms with Crippen molar-refractivity contribution < 1.29 is 13.2 Å². The number of rotatable bonds is 2. The van der Waals surface area contributed by atoms with E-state index in [-0.39, 0.29) is 5.56 Å². The van der Waals surface area contributed by atoms with Crippen molar-refractivity contribution in [1.82, 2.24) is 4.72 Å². The molecule has 94 valence electrons. The fraction of sp³-hybridized carbons (Fsp3) is 0.417. The van der Waals surface area contributed by atoms with Gasteiger partial charge in [0.15, 0.2) is 0 Å². The van der Waals surface area contributed by atoms with E-state index in [9.17, 15) is 13.2 Å². The number of hydrogen-bond acceptors (Lipinski definition) is 3.